The summed E-state index contributed by atoms with van der Waals surface area (Å²) in [6.45, 7) is 0.376. The molecule has 0 aliphatic heterocycles. The Bertz CT molecular complexity index is 548. The minimum Gasteiger partial charge on any atom is -0.488 e. The minimum atomic E-state index is 0.376. The van der Waals surface area contributed by atoms with Gasteiger partial charge in [0.1, 0.15) is 22.7 Å². The number of thioether (sulfide) groups is 1. The molecule has 0 atom stereocenters. The number of para-hydroxylation sites is 1. The van der Waals surface area contributed by atoms with Gasteiger partial charge in [0.2, 0.25) is 0 Å². The fourth-order valence-corrected chi connectivity index (χ4v) is 2.38. The number of ether oxygens (including phenoxy) is 1. The van der Waals surface area contributed by atoms with Crippen LogP contribution in [0.2, 0.25) is 10.3 Å². The van der Waals surface area contributed by atoms with E-state index in [4.69, 9.17) is 27.9 Å². The summed E-state index contributed by atoms with van der Waals surface area (Å²) in [6.07, 6.45) is 2.01. The van der Waals surface area contributed by atoms with Crippen molar-refractivity contribution < 1.29 is 4.74 Å². The molecule has 0 aliphatic carbocycles. The molecule has 18 heavy (non-hydrogen) atoms. The monoisotopic (exact) mass is 299 g/mol. The average Bonchev–Trinajstić information content (AvgIpc) is 2.38. The molecule has 0 fully saturated rings. The van der Waals surface area contributed by atoms with Gasteiger partial charge in [-0.25, -0.2) is 4.98 Å². The van der Waals surface area contributed by atoms with Gasteiger partial charge in [-0.05, 0) is 30.5 Å². The van der Waals surface area contributed by atoms with Crippen LogP contribution in [-0.2, 0) is 6.61 Å². The Morgan fingerprint density at radius 2 is 1.94 bits per heavy atom. The van der Waals surface area contributed by atoms with Crippen molar-refractivity contribution in [3.63, 3.8) is 0 Å². The van der Waals surface area contributed by atoms with Crippen molar-refractivity contribution in [2.45, 2.75) is 11.5 Å². The van der Waals surface area contributed by atoms with Crippen molar-refractivity contribution in [2.75, 3.05) is 6.26 Å². The van der Waals surface area contributed by atoms with E-state index in [-0.39, 0.29) is 0 Å². The Morgan fingerprint density at radius 1 is 1.17 bits per heavy atom. The van der Waals surface area contributed by atoms with Gasteiger partial charge >= 0.3 is 0 Å². The summed E-state index contributed by atoms with van der Waals surface area (Å²) in [6, 6.07) is 11.4. The second-order valence-electron chi connectivity index (χ2n) is 3.52. The van der Waals surface area contributed by atoms with Crippen LogP contribution in [0.25, 0.3) is 0 Å². The van der Waals surface area contributed by atoms with E-state index in [9.17, 15) is 0 Å². The number of nitrogens with zero attached hydrogens (tertiary/aromatic N) is 1. The Morgan fingerprint density at radius 3 is 2.67 bits per heavy atom. The molecule has 0 saturated carbocycles. The van der Waals surface area contributed by atoms with Crippen molar-refractivity contribution in [3.8, 4) is 5.75 Å². The molecular formula is C13H11Cl2NOS. The number of halogens is 2. The molecule has 1 heterocycles. The number of benzene rings is 1. The van der Waals surface area contributed by atoms with Crippen molar-refractivity contribution in [1.29, 1.82) is 0 Å². The third-order valence-corrected chi connectivity index (χ3v) is 3.66. The summed E-state index contributed by atoms with van der Waals surface area (Å²) in [5, 5.41) is 0.761. The van der Waals surface area contributed by atoms with Crippen LogP contribution in [0.15, 0.2) is 41.3 Å². The van der Waals surface area contributed by atoms with Crippen molar-refractivity contribution in [3.05, 3.63) is 52.3 Å². The van der Waals surface area contributed by atoms with E-state index in [0.717, 1.165) is 16.2 Å². The predicted molar refractivity (Wildman–Crippen MR) is 76.8 cm³/mol. The first-order valence-electron chi connectivity index (χ1n) is 5.27. The van der Waals surface area contributed by atoms with E-state index >= 15 is 0 Å². The zero-order valence-electron chi connectivity index (χ0n) is 9.69. The summed E-state index contributed by atoms with van der Waals surface area (Å²) in [5.41, 5.74) is 0.817. The molecule has 0 radical (unpaired) electrons. The molecule has 0 bridgehead atoms. The SMILES string of the molecule is CSc1ccccc1OCc1ccc(Cl)nc1Cl. The average molecular weight is 300 g/mol. The lowest BCUT2D eigenvalue weighted by atomic mass is 10.3. The molecule has 0 spiro atoms. The van der Waals surface area contributed by atoms with Crippen molar-refractivity contribution >= 4 is 35.0 Å². The van der Waals surface area contributed by atoms with Gasteiger partial charge in [0.25, 0.3) is 0 Å². The normalized spacial score (nSPS) is 10.4. The molecule has 0 saturated heterocycles. The molecule has 1 aromatic carbocycles. The van der Waals surface area contributed by atoms with E-state index in [1.54, 1.807) is 17.8 Å². The maximum Gasteiger partial charge on any atom is 0.137 e. The van der Waals surface area contributed by atoms with Crippen LogP contribution in [0.3, 0.4) is 0 Å². The van der Waals surface area contributed by atoms with Gasteiger partial charge < -0.3 is 4.74 Å². The summed E-state index contributed by atoms with van der Waals surface area (Å²) in [4.78, 5) is 5.07. The first-order chi connectivity index (χ1) is 8.70. The van der Waals surface area contributed by atoms with Crippen molar-refractivity contribution in [2.24, 2.45) is 0 Å². The number of hydrogen-bond donors (Lipinski definition) is 0. The molecule has 2 rings (SSSR count). The fourth-order valence-electron chi connectivity index (χ4n) is 1.44. The van der Waals surface area contributed by atoms with Gasteiger partial charge in [-0.1, -0.05) is 35.3 Å². The summed E-state index contributed by atoms with van der Waals surface area (Å²) < 4.78 is 5.75. The Kier molecular flexibility index (Phi) is 4.75. The number of pyridine rings is 1. The lowest BCUT2D eigenvalue weighted by Gasteiger charge is -2.10. The third kappa shape index (κ3) is 3.31. The van der Waals surface area contributed by atoms with E-state index in [2.05, 4.69) is 4.98 Å². The highest BCUT2D eigenvalue weighted by molar-refractivity contribution is 7.98. The molecular weight excluding hydrogens is 289 g/mol. The van der Waals surface area contributed by atoms with Gasteiger partial charge in [0.15, 0.2) is 0 Å². The second kappa shape index (κ2) is 6.32. The first-order valence-corrected chi connectivity index (χ1v) is 7.25. The van der Waals surface area contributed by atoms with Crippen LogP contribution in [0.4, 0.5) is 0 Å². The largest absolute Gasteiger partial charge is 0.488 e. The van der Waals surface area contributed by atoms with E-state index in [1.165, 1.54) is 0 Å². The zero-order valence-corrected chi connectivity index (χ0v) is 12.0. The molecule has 2 nitrogen and oxygen atoms in total. The number of aromatic nitrogens is 1. The van der Waals surface area contributed by atoms with Gasteiger partial charge in [-0.2, -0.15) is 0 Å². The molecule has 1 aromatic heterocycles. The first kappa shape index (κ1) is 13.5. The highest BCUT2D eigenvalue weighted by atomic mass is 35.5. The third-order valence-electron chi connectivity index (χ3n) is 2.34. The second-order valence-corrected chi connectivity index (χ2v) is 5.12. The van der Waals surface area contributed by atoms with Gasteiger partial charge in [0, 0.05) is 10.5 Å². The minimum absolute atomic E-state index is 0.376. The lowest BCUT2D eigenvalue weighted by Crippen LogP contribution is -1.98. The van der Waals surface area contributed by atoms with Crippen LogP contribution < -0.4 is 4.74 Å². The van der Waals surface area contributed by atoms with Crippen molar-refractivity contribution in [1.82, 2.24) is 4.98 Å². The van der Waals surface area contributed by atoms with Gasteiger partial charge in [-0.3, -0.25) is 0 Å². The Hall–Kier alpha value is -0.900. The topological polar surface area (TPSA) is 22.1 Å². The quantitative estimate of drug-likeness (QED) is 0.604. The van der Waals surface area contributed by atoms with Crippen LogP contribution in [-0.4, -0.2) is 11.2 Å². The zero-order chi connectivity index (χ0) is 13.0. The number of rotatable bonds is 4. The molecule has 94 valence electrons. The maximum atomic E-state index is 5.99. The van der Waals surface area contributed by atoms with E-state index < -0.39 is 0 Å². The van der Waals surface area contributed by atoms with Crippen LogP contribution in [0.5, 0.6) is 5.75 Å². The van der Waals surface area contributed by atoms with Crippen LogP contribution in [0, 0.1) is 0 Å². The van der Waals surface area contributed by atoms with Crippen LogP contribution in [0.1, 0.15) is 5.56 Å². The molecule has 0 N–H and O–H groups in total. The smallest absolute Gasteiger partial charge is 0.137 e. The van der Waals surface area contributed by atoms with E-state index in [0.29, 0.717) is 16.9 Å². The highest BCUT2D eigenvalue weighted by Gasteiger charge is 2.06. The maximum absolute atomic E-state index is 5.99. The molecule has 0 unspecified atom stereocenters. The van der Waals surface area contributed by atoms with Gasteiger partial charge in [0.05, 0.1) is 0 Å². The highest BCUT2D eigenvalue weighted by Crippen LogP contribution is 2.28. The Labute approximate surface area is 120 Å². The molecule has 0 amide bonds. The van der Waals surface area contributed by atoms with E-state index in [1.807, 2.05) is 36.6 Å². The van der Waals surface area contributed by atoms with Gasteiger partial charge in [-0.15, -0.1) is 11.8 Å². The summed E-state index contributed by atoms with van der Waals surface area (Å²) in [7, 11) is 0. The summed E-state index contributed by atoms with van der Waals surface area (Å²) >= 11 is 13.4. The molecule has 0 aliphatic rings. The molecule has 5 heteroatoms. The molecule has 2 aromatic rings. The number of hydrogen-bond acceptors (Lipinski definition) is 3. The fraction of sp³-hybridized carbons (Fsp3) is 0.154. The lowest BCUT2D eigenvalue weighted by molar-refractivity contribution is 0.298. The standard InChI is InChI=1S/C13H11Cl2NOS/c1-18-11-5-3-2-4-10(11)17-8-9-6-7-12(14)16-13(9)15/h2-7H,8H2,1H3. The van der Waals surface area contributed by atoms with Crippen LogP contribution >= 0.6 is 35.0 Å². The Balaban J connectivity index is 2.11. The predicted octanol–water partition coefficient (Wildman–Crippen LogP) is 4.69. The summed E-state index contributed by atoms with van der Waals surface area (Å²) in [5.74, 6) is 0.844.